The maximum atomic E-state index is 7.29. The highest BCUT2D eigenvalue weighted by molar-refractivity contribution is 8.85. The lowest BCUT2D eigenvalue weighted by Gasteiger charge is -2.63. The molecule has 77 radical (unpaired) electrons. The molecule has 0 spiro atoms. The van der Waals surface area contributed by atoms with Crippen molar-refractivity contribution in [1.29, 1.82) is 0 Å². The first-order valence-electron chi connectivity index (χ1n) is 24.2. The van der Waals surface area contributed by atoms with E-state index in [0.29, 0.717) is 0 Å². The molecule has 0 aliphatic rings. The molecule has 0 N–H and O–H groups in total. The van der Waals surface area contributed by atoms with Crippen LogP contribution in [0.25, 0.3) is 0 Å². The fourth-order valence-electron chi connectivity index (χ4n) is 11.6. The third kappa shape index (κ3) is 22.0. The highest BCUT2D eigenvalue weighted by atomic mass is 32.1. The van der Waals surface area contributed by atoms with E-state index in [2.05, 4.69) is 0 Å². The van der Waals surface area contributed by atoms with E-state index in [0.717, 1.165) is 7.06 Å². The Bertz CT molecular complexity index is 1260. The van der Waals surface area contributed by atoms with Gasteiger partial charge in [-0.3, -0.25) is 0 Å². The lowest BCUT2D eigenvalue weighted by molar-refractivity contribution is 3.27. The molecule has 0 nitrogen and oxygen atoms in total. The zero-order valence-corrected chi connectivity index (χ0v) is 44.8. The minimum absolute atomic E-state index is 1.07. The third-order valence-electron chi connectivity index (χ3n) is 14.6. The zero-order chi connectivity index (χ0) is 59.5. The first kappa shape index (κ1) is 80.6. The molecule has 0 amide bonds. The third-order valence-corrected chi connectivity index (χ3v) is 25.2. The van der Waals surface area contributed by atoms with Crippen LogP contribution in [0.2, 0.25) is 0 Å². The lowest BCUT2D eigenvalue weighted by Crippen LogP contribution is -2.86. The van der Waals surface area contributed by atoms with E-state index in [9.17, 15) is 0 Å². The van der Waals surface area contributed by atoms with Gasteiger partial charge in [-0.05, 0) is 0 Å². The first-order valence-corrected chi connectivity index (χ1v) is 27.9. The van der Waals surface area contributed by atoms with Gasteiger partial charge in [0.25, 0.3) is 0 Å². The molecule has 0 fully saturated rings. The molecule has 0 saturated carbocycles. The van der Waals surface area contributed by atoms with E-state index < -0.39 is 231 Å². The quantitative estimate of drug-likeness (QED) is 0.0435. The van der Waals surface area contributed by atoms with Crippen LogP contribution in [0.4, 0.5) is 0 Å². The van der Waals surface area contributed by atoms with Crippen LogP contribution in [-0.4, -0.2) is 517 Å². The summed E-state index contributed by atoms with van der Waals surface area (Å²) in [6.07, 6.45) is -52.8. The van der Waals surface area contributed by atoms with Crippen LogP contribution in [0.15, 0.2) is 0 Å². The van der Waals surface area contributed by atoms with Crippen molar-refractivity contribution in [2.75, 3.05) is 0 Å². The van der Waals surface area contributed by atoms with Crippen molar-refractivity contribution >= 4 is 532 Å². The Morgan fingerprint density at radius 3 is 0.400 bits per heavy atom. The van der Waals surface area contributed by atoms with Crippen molar-refractivity contribution in [3.63, 3.8) is 0 Å². The largest absolute Gasteiger partial charge is 0.203 e. The van der Waals surface area contributed by atoms with E-state index in [1.165, 1.54) is 0 Å². The van der Waals surface area contributed by atoms with Crippen molar-refractivity contribution in [1.82, 2.24) is 0 Å². The summed E-state index contributed by atoms with van der Waals surface area (Å²) in [6.45, 7) is 0. The van der Waals surface area contributed by atoms with Gasteiger partial charge in [-0.15, -0.1) is 0 Å². The van der Waals surface area contributed by atoms with Crippen LogP contribution in [0.1, 0.15) is 0 Å². The highest BCUT2D eigenvalue weighted by Gasteiger charge is 2.63. The molecule has 75 heteroatoms. The average molecular weight is 851 g/mol. The van der Waals surface area contributed by atoms with Gasteiger partial charge in [0.1, 0.15) is 0 Å². The Hall–Kier alpha value is 5.60. The van der Waals surface area contributed by atoms with Gasteiger partial charge >= 0.3 is 0 Å². The second-order valence-electron chi connectivity index (χ2n) is 20.2. The molecule has 0 aliphatic carbocycles. The summed E-state index contributed by atoms with van der Waals surface area (Å²) in [5.41, 5.74) is 0. The predicted molar refractivity (Wildman–Crippen MR) is 434 cm³/mol. The summed E-state index contributed by atoms with van der Waals surface area (Å²) in [5, 5.41) is 0. The Labute approximate surface area is 527 Å². The Morgan fingerprint density at radius 2 is 0.280 bits per heavy atom. The van der Waals surface area contributed by atoms with Gasteiger partial charge < -0.3 is 0 Å². The summed E-state index contributed by atoms with van der Waals surface area (Å²) >= 11 is 0. The predicted octanol–water partition coefficient (Wildman–Crippen LogP) is -26.1. The minimum atomic E-state index is -3.02. The van der Waals surface area contributed by atoms with Gasteiger partial charge in [-0.25, -0.2) is 14.7 Å². The van der Waals surface area contributed by atoms with Gasteiger partial charge in [0.2, 0.25) is 0 Å². The fourth-order valence-corrected chi connectivity index (χ4v) is 27.0. The molecule has 0 aromatic rings. The Morgan fingerprint density at radius 1 is 0.160 bits per heavy atom. The molecule has 0 heterocycles. The summed E-state index contributed by atoms with van der Waals surface area (Å²) < 4.78 is 0. The van der Waals surface area contributed by atoms with E-state index in [4.69, 9.17) is 294 Å². The number of hydrogen-bond acceptors (Lipinski definition) is 0. The average Bonchev–Trinajstić information content (AvgIpc) is 3.19. The van der Waals surface area contributed by atoms with Crippen LogP contribution in [0, 0.1) is 0 Å². The monoisotopic (exact) mass is 866 g/mol. The Kier molecular flexibility index (Phi) is 40.2. The summed E-state index contributed by atoms with van der Waals surface area (Å²) in [7, 11) is 254. The van der Waals surface area contributed by atoms with Gasteiger partial charge in [-0.2, -0.15) is 0 Å². The topological polar surface area (TPSA) is 0 Å². The molecular weight excluding hydrogens is 851 g/mol. The molecule has 0 aromatic carbocycles. The second-order valence-corrected chi connectivity index (χ2v) is 26.9. The second kappa shape index (κ2) is 37.4. The molecule has 1 unspecified atom stereocenters. The SMILES string of the molecule is [B][B]B([B])B(B(B([B])[B])B([B])[B])B(B(B(B([B])[B])B([B])[B])B(B([B])[B])B([B])[B])P(B(B(B([B])[B])B([B])[B])B(B([B])[B])B([B])[B])P(B(B(B([B])[B])B([B])[B])B(B([B])[B])B([B])[B])B(B(B([B])[B])B([B])[B])B(B([B])[B])B([B])[B]. The fraction of sp³-hybridized carbons (Fsp3) is 0. The maximum Gasteiger partial charge on any atom is 0.0670 e. The highest BCUT2D eigenvalue weighted by Crippen LogP contribution is 2.76. The summed E-state index contributed by atoms with van der Waals surface area (Å²) in [5.74, 6) is 0. The van der Waals surface area contributed by atoms with E-state index in [-0.39, 0.29) is 0 Å². The molecule has 1 atom stereocenters. The minimum Gasteiger partial charge on any atom is -0.203 e. The zero-order valence-electron chi connectivity index (χ0n) is 43.0. The van der Waals surface area contributed by atoms with Crippen LogP contribution in [0.3, 0.4) is 0 Å². The van der Waals surface area contributed by atoms with Crippen LogP contribution >= 0.6 is 14.7 Å². The normalized spacial score (nSPS) is 10.4. The molecule has 75 heavy (non-hydrogen) atoms. The van der Waals surface area contributed by atoms with Gasteiger partial charge in [-0.1, -0.05) is 0 Å². The molecular formula is B73P2. The van der Waals surface area contributed by atoms with Crippen molar-refractivity contribution in [3.8, 4) is 0 Å². The van der Waals surface area contributed by atoms with Crippen LogP contribution in [0.5, 0.6) is 0 Å². The molecule has 0 aromatic heterocycles. The molecule has 0 bridgehead atoms. The standard InChI is InChI=1S/B73P2/c1-39-58(38)68(59(40(2)3)41(4)5)73(69(60(42(6)7)43(8)9)61(44(10)11)45(12)13)75(72(66(54(30)31)55(32)33)67(56(34)35)57(36)37)74(70(62(46(14)15)47(16)17)63(48(18)19)49(20)21)71(64(50(22)23)51(24)25)65(52(26)27)53(28)29. The van der Waals surface area contributed by atoms with Crippen LogP contribution < -0.4 is 0 Å². The van der Waals surface area contributed by atoms with E-state index in [1.54, 1.807) is 0 Å². The molecule has 0 aliphatic heterocycles. The first-order chi connectivity index (χ1) is 34.1. The maximum absolute atomic E-state index is 7.29. The van der Waals surface area contributed by atoms with Crippen molar-refractivity contribution in [3.05, 3.63) is 0 Å². The van der Waals surface area contributed by atoms with Crippen molar-refractivity contribution in [2.45, 2.75) is 0 Å². The number of rotatable bonds is 36. The van der Waals surface area contributed by atoms with Crippen LogP contribution in [-0.2, 0) is 0 Å². The summed E-state index contributed by atoms with van der Waals surface area (Å²) in [4.78, 5) is 0. The molecule has 229 valence electrons. The summed E-state index contributed by atoms with van der Waals surface area (Å²) in [6, 6.07) is 0. The van der Waals surface area contributed by atoms with Crippen molar-refractivity contribution in [2.24, 2.45) is 0 Å². The Balaban J connectivity index is 12.2. The smallest absolute Gasteiger partial charge is 0.0670 e. The lowest BCUT2D eigenvalue weighted by atomic mass is 8.38. The van der Waals surface area contributed by atoms with E-state index >= 15 is 0 Å². The van der Waals surface area contributed by atoms with Gasteiger partial charge in [0, 0.05) is 493 Å². The molecule has 0 saturated heterocycles. The van der Waals surface area contributed by atoms with Gasteiger partial charge in [0.15, 0.2) is 0 Å². The van der Waals surface area contributed by atoms with E-state index in [1.807, 2.05) is 0 Å². The van der Waals surface area contributed by atoms with Crippen molar-refractivity contribution < 1.29 is 0 Å². The molecule has 0 rings (SSSR count). The van der Waals surface area contributed by atoms with Gasteiger partial charge in [0.05, 0.1) is 24.9 Å². The number of hydrogen-bond donors (Lipinski definition) is 0.